The van der Waals surface area contributed by atoms with E-state index < -0.39 is 0 Å². The van der Waals surface area contributed by atoms with Crippen molar-refractivity contribution in [2.75, 3.05) is 5.32 Å². The Morgan fingerprint density at radius 2 is 1.87 bits per heavy atom. The number of nitrogens with zero attached hydrogens (tertiary/aromatic N) is 1. The van der Waals surface area contributed by atoms with Gasteiger partial charge in [-0.3, -0.25) is 4.79 Å². The van der Waals surface area contributed by atoms with E-state index in [0.29, 0.717) is 5.76 Å². The zero-order valence-electron chi connectivity index (χ0n) is 13.2. The van der Waals surface area contributed by atoms with Crippen LogP contribution in [-0.4, -0.2) is 11.1 Å². The summed E-state index contributed by atoms with van der Waals surface area (Å²) in [5.74, 6) is 0.312. The lowest BCUT2D eigenvalue weighted by atomic mass is 10.1. The molecule has 1 heterocycles. The lowest BCUT2D eigenvalue weighted by Crippen LogP contribution is -2.12. The van der Waals surface area contributed by atoms with Gasteiger partial charge in [0, 0.05) is 17.3 Å². The van der Waals surface area contributed by atoms with Gasteiger partial charge in [-0.2, -0.15) is 0 Å². The summed E-state index contributed by atoms with van der Waals surface area (Å²) in [5, 5.41) is 6.70. The molecule has 0 aliphatic rings. The number of hydrogen-bond acceptors (Lipinski definition) is 3. The molecule has 0 unspecified atom stereocenters. The molecule has 0 saturated carbocycles. The van der Waals surface area contributed by atoms with Crippen LogP contribution in [0.15, 0.2) is 59.1 Å². The summed E-state index contributed by atoms with van der Waals surface area (Å²) in [5.41, 5.74) is 4.25. The van der Waals surface area contributed by atoms with Gasteiger partial charge in [-0.05, 0) is 36.6 Å². The van der Waals surface area contributed by atoms with Crippen molar-refractivity contribution in [2.45, 2.75) is 20.3 Å². The van der Waals surface area contributed by atoms with E-state index >= 15 is 0 Å². The molecule has 0 bridgehead atoms. The highest BCUT2D eigenvalue weighted by Crippen LogP contribution is 2.24. The van der Waals surface area contributed by atoms with Crippen LogP contribution in [0.25, 0.3) is 11.3 Å². The first kappa shape index (κ1) is 15.0. The van der Waals surface area contributed by atoms with Gasteiger partial charge in [-0.25, -0.2) is 0 Å². The minimum absolute atomic E-state index is 0.267. The first-order valence-electron chi connectivity index (χ1n) is 7.60. The fourth-order valence-electron chi connectivity index (χ4n) is 2.38. The van der Waals surface area contributed by atoms with E-state index in [9.17, 15) is 4.79 Å². The number of hydrogen-bond donors (Lipinski definition) is 1. The standard InChI is InChI=1S/C19H18N2O2/c1-3-14-8-10-15(11-9-14)20-19(22)17-12-18(23-21-17)16-7-5-4-6-13(16)2/h4-12H,3H2,1-2H3,(H,20,22). The third-order valence-electron chi connectivity index (χ3n) is 3.77. The first-order chi connectivity index (χ1) is 11.2. The number of benzene rings is 2. The Morgan fingerprint density at radius 1 is 1.13 bits per heavy atom. The summed E-state index contributed by atoms with van der Waals surface area (Å²) in [6.07, 6.45) is 0.970. The summed E-state index contributed by atoms with van der Waals surface area (Å²) in [4.78, 5) is 12.3. The van der Waals surface area contributed by atoms with Crippen LogP contribution in [0.5, 0.6) is 0 Å². The molecular formula is C19H18N2O2. The number of carbonyl (C=O) groups is 1. The second-order valence-electron chi connectivity index (χ2n) is 5.40. The zero-order chi connectivity index (χ0) is 16.2. The fraction of sp³-hybridized carbons (Fsp3) is 0.158. The van der Waals surface area contributed by atoms with Crippen LogP contribution in [0.2, 0.25) is 0 Å². The average Bonchev–Trinajstić information content (AvgIpc) is 3.06. The minimum atomic E-state index is -0.280. The largest absolute Gasteiger partial charge is 0.355 e. The van der Waals surface area contributed by atoms with Crippen LogP contribution < -0.4 is 5.32 Å². The second kappa shape index (κ2) is 6.48. The van der Waals surface area contributed by atoms with Crippen molar-refractivity contribution in [2.24, 2.45) is 0 Å². The summed E-state index contributed by atoms with van der Waals surface area (Å²) in [7, 11) is 0. The number of aryl methyl sites for hydroxylation is 2. The second-order valence-corrected chi connectivity index (χ2v) is 5.40. The molecule has 4 nitrogen and oxygen atoms in total. The highest BCUT2D eigenvalue weighted by Gasteiger charge is 2.14. The molecule has 2 aromatic carbocycles. The van der Waals surface area contributed by atoms with Crippen molar-refractivity contribution < 1.29 is 9.32 Å². The van der Waals surface area contributed by atoms with E-state index in [1.165, 1.54) is 5.56 Å². The Kier molecular flexibility index (Phi) is 4.24. The van der Waals surface area contributed by atoms with Gasteiger partial charge in [0.15, 0.2) is 11.5 Å². The van der Waals surface area contributed by atoms with E-state index in [-0.39, 0.29) is 11.6 Å². The third kappa shape index (κ3) is 3.31. The lowest BCUT2D eigenvalue weighted by Gasteiger charge is -2.03. The van der Waals surface area contributed by atoms with E-state index in [1.54, 1.807) is 6.07 Å². The van der Waals surface area contributed by atoms with Gasteiger partial charge >= 0.3 is 0 Å². The van der Waals surface area contributed by atoms with Crippen LogP contribution in [0.4, 0.5) is 5.69 Å². The van der Waals surface area contributed by atoms with Crippen LogP contribution in [0, 0.1) is 6.92 Å². The Balaban J connectivity index is 1.77. The molecule has 0 saturated heterocycles. The van der Waals surface area contributed by atoms with Gasteiger partial charge in [0.25, 0.3) is 5.91 Å². The van der Waals surface area contributed by atoms with Crippen LogP contribution >= 0.6 is 0 Å². The van der Waals surface area contributed by atoms with E-state index in [0.717, 1.165) is 23.2 Å². The lowest BCUT2D eigenvalue weighted by molar-refractivity contribution is 0.101. The highest BCUT2D eigenvalue weighted by atomic mass is 16.5. The third-order valence-corrected chi connectivity index (χ3v) is 3.77. The molecule has 0 fully saturated rings. The average molecular weight is 306 g/mol. The smallest absolute Gasteiger partial charge is 0.277 e. The summed E-state index contributed by atoms with van der Waals surface area (Å²) < 4.78 is 5.32. The SMILES string of the molecule is CCc1ccc(NC(=O)c2cc(-c3ccccc3C)on2)cc1. The van der Waals surface area contributed by atoms with E-state index in [2.05, 4.69) is 17.4 Å². The Bertz CT molecular complexity index is 819. The Morgan fingerprint density at radius 3 is 2.57 bits per heavy atom. The molecule has 0 radical (unpaired) electrons. The number of rotatable bonds is 4. The zero-order valence-corrected chi connectivity index (χ0v) is 13.2. The van der Waals surface area contributed by atoms with Crippen LogP contribution in [-0.2, 0) is 6.42 Å². The molecule has 116 valence electrons. The molecule has 0 aliphatic heterocycles. The maximum atomic E-state index is 12.3. The minimum Gasteiger partial charge on any atom is -0.355 e. The number of aromatic nitrogens is 1. The quantitative estimate of drug-likeness (QED) is 0.774. The van der Waals surface area contributed by atoms with Crippen LogP contribution in [0.3, 0.4) is 0 Å². The number of anilines is 1. The van der Waals surface area contributed by atoms with Gasteiger partial charge in [-0.15, -0.1) is 0 Å². The molecule has 3 aromatic rings. The molecule has 1 aromatic heterocycles. The normalized spacial score (nSPS) is 10.5. The van der Waals surface area contributed by atoms with Crippen molar-refractivity contribution in [3.05, 3.63) is 71.4 Å². The number of carbonyl (C=O) groups excluding carboxylic acids is 1. The Labute approximate surface area is 135 Å². The van der Waals surface area contributed by atoms with Gasteiger partial charge < -0.3 is 9.84 Å². The van der Waals surface area contributed by atoms with Crippen LogP contribution in [0.1, 0.15) is 28.5 Å². The maximum absolute atomic E-state index is 12.3. The van der Waals surface area contributed by atoms with E-state index in [1.807, 2.05) is 55.5 Å². The molecule has 0 atom stereocenters. The van der Waals surface area contributed by atoms with Crippen molar-refractivity contribution in [1.29, 1.82) is 0 Å². The molecule has 0 spiro atoms. The summed E-state index contributed by atoms with van der Waals surface area (Å²) in [6.45, 7) is 4.09. The summed E-state index contributed by atoms with van der Waals surface area (Å²) >= 11 is 0. The molecule has 4 heteroatoms. The first-order valence-corrected chi connectivity index (χ1v) is 7.60. The monoisotopic (exact) mass is 306 g/mol. The van der Waals surface area contributed by atoms with Crippen molar-refractivity contribution >= 4 is 11.6 Å². The summed E-state index contributed by atoms with van der Waals surface area (Å²) in [6, 6.07) is 17.3. The van der Waals surface area contributed by atoms with Crippen molar-refractivity contribution in [1.82, 2.24) is 5.16 Å². The van der Waals surface area contributed by atoms with Gasteiger partial charge in [-0.1, -0.05) is 48.5 Å². The topological polar surface area (TPSA) is 55.1 Å². The molecule has 23 heavy (non-hydrogen) atoms. The van der Waals surface area contributed by atoms with Gasteiger partial charge in [0.2, 0.25) is 0 Å². The Hall–Kier alpha value is -2.88. The molecule has 1 amide bonds. The highest BCUT2D eigenvalue weighted by molar-refractivity contribution is 6.03. The predicted molar refractivity (Wildman–Crippen MR) is 90.4 cm³/mol. The fourth-order valence-corrected chi connectivity index (χ4v) is 2.38. The molecular weight excluding hydrogens is 288 g/mol. The van der Waals surface area contributed by atoms with Gasteiger partial charge in [0.05, 0.1) is 0 Å². The number of nitrogens with one attached hydrogen (secondary N) is 1. The van der Waals surface area contributed by atoms with Gasteiger partial charge in [0.1, 0.15) is 0 Å². The predicted octanol–water partition coefficient (Wildman–Crippen LogP) is 4.46. The van der Waals surface area contributed by atoms with Crippen molar-refractivity contribution in [3.8, 4) is 11.3 Å². The van der Waals surface area contributed by atoms with Crippen molar-refractivity contribution in [3.63, 3.8) is 0 Å². The number of amides is 1. The molecule has 0 aliphatic carbocycles. The maximum Gasteiger partial charge on any atom is 0.277 e. The molecule has 1 N–H and O–H groups in total. The molecule has 3 rings (SSSR count). The van der Waals surface area contributed by atoms with E-state index in [4.69, 9.17) is 4.52 Å².